The van der Waals surface area contributed by atoms with E-state index in [1.165, 1.54) is 11.1 Å². The molecule has 0 radical (unpaired) electrons. The van der Waals surface area contributed by atoms with Crippen molar-refractivity contribution in [2.45, 2.75) is 72.1 Å². The summed E-state index contributed by atoms with van der Waals surface area (Å²) >= 11 is 6.23. The Kier molecular flexibility index (Phi) is 9.04. The predicted molar refractivity (Wildman–Crippen MR) is 135 cm³/mol. The van der Waals surface area contributed by atoms with Crippen LogP contribution in [0.5, 0.6) is 5.75 Å². The van der Waals surface area contributed by atoms with Gasteiger partial charge in [-0.05, 0) is 81.3 Å². The maximum absolute atomic E-state index is 6.46. The Balaban J connectivity index is 1.62. The van der Waals surface area contributed by atoms with E-state index in [0.29, 0.717) is 36.4 Å². The molecule has 0 bridgehead atoms. The Bertz CT molecular complexity index is 826. The maximum Gasteiger partial charge on any atom is 0.119 e. The van der Waals surface area contributed by atoms with Gasteiger partial charge in [0.05, 0.1) is 12.7 Å². The molecule has 2 aromatic carbocycles. The van der Waals surface area contributed by atoms with Gasteiger partial charge in [0.1, 0.15) is 12.4 Å². The zero-order valence-electron chi connectivity index (χ0n) is 20.6. The molecule has 1 fully saturated rings. The molecule has 0 N–H and O–H groups in total. The number of ether oxygens (including phenoxy) is 2. The Morgan fingerprint density at radius 1 is 0.969 bits per heavy atom. The van der Waals surface area contributed by atoms with E-state index in [-0.39, 0.29) is 6.10 Å². The molecular formula is C28H40ClNO2. The van der Waals surface area contributed by atoms with Crippen LogP contribution in [0.15, 0.2) is 48.5 Å². The average Bonchev–Trinajstić information content (AvgIpc) is 2.76. The van der Waals surface area contributed by atoms with Crippen LogP contribution in [0.2, 0.25) is 5.02 Å². The van der Waals surface area contributed by atoms with E-state index in [0.717, 1.165) is 30.3 Å². The van der Waals surface area contributed by atoms with Gasteiger partial charge in [-0.2, -0.15) is 0 Å². The number of hydrogen-bond acceptors (Lipinski definition) is 3. The fourth-order valence-electron chi connectivity index (χ4n) is 4.96. The molecule has 0 aromatic heterocycles. The fourth-order valence-corrected chi connectivity index (χ4v) is 5.16. The Labute approximate surface area is 200 Å². The molecule has 1 aliphatic heterocycles. The van der Waals surface area contributed by atoms with Crippen molar-refractivity contribution < 1.29 is 9.47 Å². The van der Waals surface area contributed by atoms with Gasteiger partial charge >= 0.3 is 0 Å². The molecule has 0 saturated carbocycles. The smallest absolute Gasteiger partial charge is 0.119 e. The zero-order valence-corrected chi connectivity index (χ0v) is 21.3. The standard InChI is InChI=1S/C28H40ClNO2/c1-19(2)27-17-24(23-8-7-9-25(29)16-23)18-32-28(27)22-10-12-26(13-11-22)31-15-14-30(20(3)4)21(5)6/h7-13,16,19-21,24,27-28H,14-15,17-18H2,1-6H3/t24-,27-,28-/m0/s1. The molecule has 0 spiro atoms. The lowest BCUT2D eigenvalue weighted by molar-refractivity contribution is -0.0552. The number of benzene rings is 2. The van der Waals surface area contributed by atoms with Crippen molar-refractivity contribution in [1.82, 2.24) is 4.90 Å². The minimum atomic E-state index is 0.122. The second-order valence-electron chi connectivity index (χ2n) is 9.99. The largest absolute Gasteiger partial charge is 0.492 e. The molecule has 3 rings (SSSR count). The number of nitrogens with zero attached hydrogens (tertiary/aromatic N) is 1. The average molecular weight is 458 g/mol. The van der Waals surface area contributed by atoms with Crippen LogP contribution in [-0.2, 0) is 4.74 Å². The van der Waals surface area contributed by atoms with Crippen LogP contribution in [0.4, 0.5) is 0 Å². The van der Waals surface area contributed by atoms with Crippen LogP contribution < -0.4 is 4.74 Å². The van der Waals surface area contributed by atoms with Crippen molar-refractivity contribution in [3.05, 3.63) is 64.7 Å². The quantitative estimate of drug-likeness (QED) is 0.392. The maximum atomic E-state index is 6.46. The molecule has 0 unspecified atom stereocenters. The van der Waals surface area contributed by atoms with E-state index in [2.05, 4.69) is 82.8 Å². The Morgan fingerprint density at radius 2 is 1.66 bits per heavy atom. The lowest BCUT2D eigenvalue weighted by Crippen LogP contribution is -2.39. The highest BCUT2D eigenvalue weighted by atomic mass is 35.5. The highest BCUT2D eigenvalue weighted by Crippen LogP contribution is 2.43. The van der Waals surface area contributed by atoms with E-state index in [1.807, 2.05) is 12.1 Å². The van der Waals surface area contributed by atoms with Crippen molar-refractivity contribution >= 4 is 11.6 Å². The molecule has 1 aliphatic rings. The van der Waals surface area contributed by atoms with Crippen molar-refractivity contribution in [1.29, 1.82) is 0 Å². The molecule has 3 nitrogen and oxygen atoms in total. The molecule has 32 heavy (non-hydrogen) atoms. The van der Waals surface area contributed by atoms with Crippen molar-refractivity contribution in [2.75, 3.05) is 19.8 Å². The van der Waals surface area contributed by atoms with Crippen LogP contribution in [-0.4, -0.2) is 36.7 Å². The molecule has 1 heterocycles. The van der Waals surface area contributed by atoms with Gasteiger partial charge in [-0.15, -0.1) is 0 Å². The first-order valence-corrected chi connectivity index (χ1v) is 12.5. The highest BCUT2D eigenvalue weighted by molar-refractivity contribution is 6.30. The summed E-state index contributed by atoms with van der Waals surface area (Å²) in [5, 5.41) is 0.797. The van der Waals surface area contributed by atoms with Crippen LogP contribution in [0.3, 0.4) is 0 Å². The van der Waals surface area contributed by atoms with Crippen LogP contribution >= 0.6 is 11.6 Å². The summed E-state index contributed by atoms with van der Waals surface area (Å²) in [7, 11) is 0. The molecule has 0 amide bonds. The molecular weight excluding hydrogens is 418 g/mol. The molecule has 0 aliphatic carbocycles. The van der Waals surface area contributed by atoms with E-state index in [4.69, 9.17) is 21.1 Å². The molecule has 2 aromatic rings. The summed E-state index contributed by atoms with van der Waals surface area (Å²) in [6.45, 7) is 15.9. The van der Waals surface area contributed by atoms with Crippen LogP contribution in [0.25, 0.3) is 0 Å². The molecule has 3 atom stereocenters. The van der Waals surface area contributed by atoms with Crippen molar-refractivity contribution in [3.8, 4) is 5.75 Å². The molecule has 4 heteroatoms. The Hall–Kier alpha value is -1.55. The van der Waals surface area contributed by atoms with Gasteiger partial charge in [-0.1, -0.05) is 49.7 Å². The summed E-state index contributed by atoms with van der Waals surface area (Å²) in [5.41, 5.74) is 2.52. The minimum absolute atomic E-state index is 0.122. The summed E-state index contributed by atoms with van der Waals surface area (Å²) in [5.74, 6) is 2.32. The van der Waals surface area contributed by atoms with E-state index in [9.17, 15) is 0 Å². The molecule has 176 valence electrons. The number of rotatable bonds is 9. The second kappa shape index (κ2) is 11.5. The third-order valence-electron chi connectivity index (χ3n) is 6.75. The monoisotopic (exact) mass is 457 g/mol. The van der Waals surface area contributed by atoms with Gasteiger partial charge in [0.25, 0.3) is 0 Å². The highest BCUT2D eigenvalue weighted by Gasteiger charge is 2.35. The van der Waals surface area contributed by atoms with Crippen molar-refractivity contribution in [2.24, 2.45) is 11.8 Å². The lowest BCUT2D eigenvalue weighted by Gasteiger charge is -2.39. The van der Waals surface area contributed by atoms with Gasteiger partial charge in [-0.3, -0.25) is 4.90 Å². The summed E-state index contributed by atoms with van der Waals surface area (Å²) in [6.07, 6.45) is 1.23. The lowest BCUT2D eigenvalue weighted by atomic mass is 9.76. The van der Waals surface area contributed by atoms with Gasteiger partial charge in [0.15, 0.2) is 0 Å². The Morgan fingerprint density at radius 3 is 2.25 bits per heavy atom. The van der Waals surface area contributed by atoms with Gasteiger partial charge in [0.2, 0.25) is 0 Å². The van der Waals surface area contributed by atoms with E-state index in [1.54, 1.807) is 0 Å². The fraction of sp³-hybridized carbons (Fsp3) is 0.571. The van der Waals surface area contributed by atoms with Crippen LogP contribution in [0, 0.1) is 11.8 Å². The van der Waals surface area contributed by atoms with Gasteiger partial charge in [0, 0.05) is 29.6 Å². The first-order chi connectivity index (χ1) is 15.3. The normalized spacial score (nSPS) is 21.7. The number of halogens is 1. The zero-order chi connectivity index (χ0) is 23.3. The summed E-state index contributed by atoms with van der Waals surface area (Å²) < 4.78 is 12.5. The third kappa shape index (κ3) is 6.50. The van der Waals surface area contributed by atoms with Gasteiger partial charge in [-0.25, -0.2) is 0 Å². The predicted octanol–water partition coefficient (Wildman–Crippen LogP) is 7.36. The first-order valence-electron chi connectivity index (χ1n) is 12.1. The summed E-state index contributed by atoms with van der Waals surface area (Å²) in [4.78, 5) is 2.45. The van der Waals surface area contributed by atoms with Crippen LogP contribution in [0.1, 0.15) is 71.1 Å². The minimum Gasteiger partial charge on any atom is -0.492 e. The number of hydrogen-bond donors (Lipinski definition) is 0. The second-order valence-corrected chi connectivity index (χ2v) is 10.4. The van der Waals surface area contributed by atoms with E-state index < -0.39 is 0 Å². The topological polar surface area (TPSA) is 21.7 Å². The van der Waals surface area contributed by atoms with Gasteiger partial charge < -0.3 is 9.47 Å². The molecule has 1 saturated heterocycles. The first kappa shape index (κ1) is 25.1. The van der Waals surface area contributed by atoms with E-state index >= 15 is 0 Å². The van der Waals surface area contributed by atoms with Crippen molar-refractivity contribution in [3.63, 3.8) is 0 Å². The SMILES string of the molecule is CC(C)[C@@H]1C[C@H](c2cccc(Cl)c2)CO[C@H]1c1ccc(OCCN(C(C)C)C(C)C)cc1. The summed E-state index contributed by atoms with van der Waals surface area (Å²) in [6, 6.07) is 17.8. The third-order valence-corrected chi connectivity index (χ3v) is 6.99.